The van der Waals surface area contributed by atoms with E-state index in [0.29, 0.717) is 5.56 Å². The number of benzene rings is 2. The van der Waals surface area contributed by atoms with E-state index >= 15 is 0 Å². The van der Waals surface area contributed by atoms with E-state index in [-0.39, 0.29) is 5.91 Å². The molecule has 0 bridgehead atoms. The lowest BCUT2D eigenvalue weighted by molar-refractivity contribution is 0.102. The number of amides is 1. The fourth-order valence-electron chi connectivity index (χ4n) is 2.03. The topological polar surface area (TPSA) is 41.1 Å². The zero-order chi connectivity index (χ0) is 14.5. The summed E-state index contributed by atoms with van der Waals surface area (Å²) in [6.45, 7) is 4.78. The van der Waals surface area contributed by atoms with Gasteiger partial charge < -0.3 is 10.6 Å². The summed E-state index contributed by atoms with van der Waals surface area (Å²) < 4.78 is 0.952. The Morgan fingerprint density at radius 3 is 2.65 bits per heavy atom. The monoisotopic (exact) mass is 332 g/mol. The molecule has 0 fully saturated rings. The molecule has 0 aliphatic rings. The average Bonchev–Trinajstić information content (AvgIpc) is 2.38. The quantitative estimate of drug-likeness (QED) is 0.868. The van der Waals surface area contributed by atoms with Crippen LogP contribution in [0.15, 0.2) is 46.9 Å². The zero-order valence-corrected chi connectivity index (χ0v) is 13.1. The Kier molecular flexibility index (Phi) is 4.79. The van der Waals surface area contributed by atoms with Crippen molar-refractivity contribution in [2.75, 3.05) is 17.2 Å². The van der Waals surface area contributed by atoms with Crippen molar-refractivity contribution in [2.45, 2.75) is 13.8 Å². The fourth-order valence-corrected chi connectivity index (χ4v) is 2.64. The van der Waals surface area contributed by atoms with Crippen LogP contribution in [-0.2, 0) is 0 Å². The molecule has 0 aliphatic carbocycles. The van der Waals surface area contributed by atoms with Gasteiger partial charge in [0.15, 0.2) is 0 Å². The van der Waals surface area contributed by atoms with Gasteiger partial charge in [-0.25, -0.2) is 0 Å². The fraction of sp³-hybridized carbons (Fsp3) is 0.188. The summed E-state index contributed by atoms with van der Waals surface area (Å²) in [5, 5.41) is 6.13. The molecule has 0 aromatic heterocycles. The minimum atomic E-state index is -0.112. The standard InChI is InChI=1S/C16H17BrN2O/c1-3-18-15-7-5-4-6-14(15)16(20)19-13-9-11(2)8-12(17)10-13/h4-10,18H,3H2,1-2H3,(H,19,20). The van der Waals surface area contributed by atoms with Crippen LogP contribution in [0.5, 0.6) is 0 Å². The second-order valence-electron chi connectivity index (χ2n) is 4.55. The predicted octanol–water partition coefficient (Wildman–Crippen LogP) is 4.44. The highest BCUT2D eigenvalue weighted by Gasteiger charge is 2.11. The molecule has 1 amide bonds. The average molecular weight is 333 g/mol. The number of aryl methyl sites for hydroxylation is 1. The molecule has 0 saturated carbocycles. The third-order valence-electron chi connectivity index (χ3n) is 2.84. The van der Waals surface area contributed by atoms with E-state index in [0.717, 1.165) is 28.0 Å². The van der Waals surface area contributed by atoms with Crippen LogP contribution in [0.1, 0.15) is 22.8 Å². The number of nitrogens with one attached hydrogen (secondary N) is 2. The van der Waals surface area contributed by atoms with E-state index in [1.807, 2.05) is 56.3 Å². The van der Waals surface area contributed by atoms with Gasteiger partial charge in [0.05, 0.1) is 5.56 Å². The Morgan fingerprint density at radius 1 is 1.20 bits per heavy atom. The molecule has 0 unspecified atom stereocenters. The van der Waals surface area contributed by atoms with Gasteiger partial charge in [-0.05, 0) is 49.7 Å². The molecule has 2 aromatic rings. The lowest BCUT2D eigenvalue weighted by Gasteiger charge is -2.11. The number of rotatable bonds is 4. The first-order valence-corrected chi connectivity index (χ1v) is 7.31. The highest BCUT2D eigenvalue weighted by molar-refractivity contribution is 9.10. The number of para-hydroxylation sites is 1. The third-order valence-corrected chi connectivity index (χ3v) is 3.30. The van der Waals surface area contributed by atoms with Crippen molar-refractivity contribution in [3.8, 4) is 0 Å². The summed E-state index contributed by atoms with van der Waals surface area (Å²) in [6.07, 6.45) is 0. The molecule has 0 atom stereocenters. The third kappa shape index (κ3) is 3.61. The van der Waals surface area contributed by atoms with E-state index in [4.69, 9.17) is 0 Å². The van der Waals surface area contributed by atoms with Gasteiger partial charge in [-0.3, -0.25) is 4.79 Å². The van der Waals surface area contributed by atoms with Gasteiger partial charge in [0, 0.05) is 22.4 Å². The first-order valence-electron chi connectivity index (χ1n) is 6.51. The molecule has 104 valence electrons. The van der Waals surface area contributed by atoms with Crippen molar-refractivity contribution < 1.29 is 4.79 Å². The second-order valence-corrected chi connectivity index (χ2v) is 5.46. The molecule has 2 N–H and O–H groups in total. The van der Waals surface area contributed by atoms with Crippen LogP contribution < -0.4 is 10.6 Å². The van der Waals surface area contributed by atoms with Gasteiger partial charge in [0.2, 0.25) is 0 Å². The maximum Gasteiger partial charge on any atom is 0.257 e. The molecule has 20 heavy (non-hydrogen) atoms. The van der Waals surface area contributed by atoms with E-state index in [1.54, 1.807) is 0 Å². The van der Waals surface area contributed by atoms with E-state index < -0.39 is 0 Å². The number of carbonyl (C=O) groups is 1. The number of anilines is 2. The molecule has 0 radical (unpaired) electrons. The van der Waals surface area contributed by atoms with Crippen LogP contribution >= 0.6 is 15.9 Å². The summed E-state index contributed by atoms with van der Waals surface area (Å²) in [6, 6.07) is 13.3. The molecule has 3 nitrogen and oxygen atoms in total. The number of hydrogen-bond acceptors (Lipinski definition) is 2. The van der Waals surface area contributed by atoms with Gasteiger partial charge in [-0.2, -0.15) is 0 Å². The normalized spacial score (nSPS) is 10.2. The second kappa shape index (κ2) is 6.57. The van der Waals surface area contributed by atoms with Gasteiger partial charge in [-0.1, -0.05) is 28.1 Å². The highest BCUT2D eigenvalue weighted by Crippen LogP contribution is 2.21. The highest BCUT2D eigenvalue weighted by atomic mass is 79.9. The molecular weight excluding hydrogens is 316 g/mol. The predicted molar refractivity (Wildman–Crippen MR) is 87.4 cm³/mol. The summed E-state index contributed by atoms with van der Waals surface area (Å²) in [4.78, 5) is 12.4. The van der Waals surface area contributed by atoms with Crippen molar-refractivity contribution in [3.05, 3.63) is 58.1 Å². The summed E-state index contributed by atoms with van der Waals surface area (Å²) in [5.74, 6) is -0.112. The van der Waals surface area contributed by atoms with Crippen molar-refractivity contribution in [1.29, 1.82) is 0 Å². The van der Waals surface area contributed by atoms with Crippen molar-refractivity contribution in [3.63, 3.8) is 0 Å². The maximum atomic E-state index is 12.4. The van der Waals surface area contributed by atoms with Crippen molar-refractivity contribution in [1.82, 2.24) is 0 Å². The van der Waals surface area contributed by atoms with Crippen molar-refractivity contribution >= 4 is 33.2 Å². The Bertz CT molecular complexity index is 605. The number of hydrogen-bond donors (Lipinski definition) is 2. The maximum absolute atomic E-state index is 12.4. The molecular formula is C16H17BrN2O. The molecule has 0 saturated heterocycles. The van der Waals surface area contributed by atoms with Crippen LogP contribution in [-0.4, -0.2) is 12.5 Å². The van der Waals surface area contributed by atoms with E-state index in [9.17, 15) is 4.79 Å². The van der Waals surface area contributed by atoms with Gasteiger partial charge >= 0.3 is 0 Å². The summed E-state index contributed by atoms with van der Waals surface area (Å²) in [7, 11) is 0. The number of halogens is 1. The van der Waals surface area contributed by atoms with Crippen LogP contribution in [0.3, 0.4) is 0 Å². The first kappa shape index (κ1) is 14.6. The summed E-state index contributed by atoms with van der Waals surface area (Å²) >= 11 is 3.43. The molecule has 4 heteroatoms. The zero-order valence-electron chi connectivity index (χ0n) is 11.5. The number of carbonyl (C=O) groups excluding carboxylic acids is 1. The Labute approximate surface area is 127 Å². The molecule has 0 aliphatic heterocycles. The van der Waals surface area contributed by atoms with Crippen LogP contribution in [0.4, 0.5) is 11.4 Å². The Hall–Kier alpha value is -1.81. The van der Waals surface area contributed by atoms with Gasteiger partial charge in [0.1, 0.15) is 0 Å². The molecule has 0 spiro atoms. The van der Waals surface area contributed by atoms with E-state index in [1.165, 1.54) is 0 Å². The van der Waals surface area contributed by atoms with Crippen LogP contribution in [0.25, 0.3) is 0 Å². The molecule has 2 rings (SSSR count). The first-order chi connectivity index (χ1) is 9.60. The summed E-state index contributed by atoms with van der Waals surface area (Å²) in [5.41, 5.74) is 3.37. The lowest BCUT2D eigenvalue weighted by atomic mass is 10.1. The van der Waals surface area contributed by atoms with Crippen LogP contribution in [0, 0.1) is 6.92 Å². The van der Waals surface area contributed by atoms with Crippen LogP contribution in [0.2, 0.25) is 0 Å². The van der Waals surface area contributed by atoms with Gasteiger partial charge in [-0.15, -0.1) is 0 Å². The van der Waals surface area contributed by atoms with Crippen molar-refractivity contribution in [2.24, 2.45) is 0 Å². The molecule has 2 aromatic carbocycles. The lowest BCUT2D eigenvalue weighted by Crippen LogP contribution is -2.14. The minimum absolute atomic E-state index is 0.112. The Balaban J connectivity index is 2.23. The van der Waals surface area contributed by atoms with E-state index in [2.05, 4.69) is 26.6 Å². The molecule has 0 heterocycles. The largest absolute Gasteiger partial charge is 0.385 e. The Morgan fingerprint density at radius 2 is 1.95 bits per heavy atom. The minimum Gasteiger partial charge on any atom is -0.385 e. The van der Waals surface area contributed by atoms with Gasteiger partial charge in [0.25, 0.3) is 5.91 Å². The smallest absolute Gasteiger partial charge is 0.257 e. The SMILES string of the molecule is CCNc1ccccc1C(=O)Nc1cc(C)cc(Br)c1.